The lowest BCUT2D eigenvalue weighted by atomic mass is 9.95. The molecule has 0 aliphatic carbocycles. The number of pyridine rings is 2. The van der Waals surface area contributed by atoms with Crippen molar-refractivity contribution in [2.45, 2.75) is 38.6 Å². The van der Waals surface area contributed by atoms with E-state index in [1.54, 1.807) is 6.07 Å². The van der Waals surface area contributed by atoms with E-state index in [1.807, 2.05) is 29.3 Å². The first-order chi connectivity index (χ1) is 14.5. The van der Waals surface area contributed by atoms with E-state index in [0.717, 1.165) is 36.1 Å². The Morgan fingerprint density at radius 3 is 2.70 bits per heavy atom. The van der Waals surface area contributed by atoms with Crippen molar-refractivity contribution in [3.8, 4) is 0 Å². The molecule has 2 amide bonds. The Morgan fingerprint density at radius 1 is 1.20 bits per heavy atom. The van der Waals surface area contributed by atoms with Crippen molar-refractivity contribution < 1.29 is 14.0 Å². The molecule has 0 radical (unpaired) electrons. The van der Waals surface area contributed by atoms with E-state index in [0.29, 0.717) is 25.3 Å². The number of hydrogen-bond donors (Lipinski definition) is 1. The predicted octanol–water partition coefficient (Wildman–Crippen LogP) is 2.45. The van der Waals surface area contributed by atoms with Crippen LogP contribution >= 0.6 is 0 Å². The van der Waals surface area contributed by atoms with E-state index >= 15 is 0 Å². The van der Waals surface area contributed by atoms with Crippen molar-refractivity contribution in [1.82, 2.24) is 24.6 Å². The third kappa shape index (κ3) is 4.32. The number of halogens is 1. The number of carbonyl (C=O) groups is 2. The van der Waals surface area contributed by atoms with Gasteiger partial charge in [-0.3, -0.25) is 14.6 Å². The Bertz CT molecular complexity index is 1060. The zero-order valence-electron chi connectivity index (χ0n) is 16.8. The largest absolute Gasteiger partial charge is 0.351 e. The molecule has 1 fully saturated rings. The maximum atomic E-state index is 13.0. The fourth-order valence-corrected chi connectivity index (χ4v) is 3.92. The highest BCUT2D eigenvalue weighted by molar-refractivity contribution is 5.78. The summed E-state index contributed by atoms with van der Waals surface area (Å²) in [4.78, 5) is 34.5. The Kier molecular flexibility index (Phi) is 5.74. The molecule has 4 heterocycles. The van der Waals surface area contributed by atoms with Gasteiger partial charge in [-0.1, -0.05) is 6.07 Å². The van der Waals surface area contributed by atoms with Gasteiger partial charge >= 0.3 is 0 Å². The fourth-order valence-electron chi connectivity index (χ4n) is 3.92. The van der Waals surface area contributed by atoms with Gasteiger partial charge < -0.3 is 14.6 Å². The van der Waals surface area contributed by atoms with Crippen molar-refractivity contribution in [3.63, 3.8) is 0 Å². The number of rotatable bonds is 5. The van der Waals surface area contributed by atoms with Crippen LogP contribution in [0.1, 0.15) is 42.9 Å². The van der Waals surface area contributed by atoms with Crippen LogP contribution in [0.5, 0.6) is 0 Å². The second kappa shape index (κ2) is 8.61. The molecular formula is C22H24FN5O2. The molecule has 3 aromatic rings. The Labute approximate surface area is 173 Å². The van der Waals surface area contributed by atoms with Gasteiger partial charge in [-0.25, -0.2) is 9.37 Å². The topological polar surface area (TPSA) is 79.6 Å². The summed E-state index contributed by atoms with van der Waals surface area (Å²) in [5.74, 6) is 0.719. The highest BCUT2D eigenvalue weighted by Gasteiger charge is 2.27. The number of amides is 2. The SMILES string of the molecule is CC(=O)NCc1nc(C2CCN(C(=O)Cc3ccc(F)cn3)CC2)n2ccccc12. The number of hydrogen-bond acceptors (Lipinski definition) is 4. The molecule has 7 nitrogen and oxygen atoms in total. The molecule has 3 aromatic heterocycles. The van der Waals surface area contributed by atoms with Crippen molar-refractivity contribution >= 4 is 17.3 Å². The van der Waals surface area contributed by atoms with Gasteiger partial charge in [-0.2, -0.15) is 0 Å². The van der Waals surface area contributed by atoms with Crippen LogP contribution in [0.4, 0.5) is 4.39 Å². The number of aromatic nitrogens is 3. The number of carbonyl (C=O) groups excluding carboxylic acids is 2. The Balaban J connectivity index is 1.43. The summed E-state index contributed by atoms with van der Waals surface area (Å²) >= 11 is 0. The summed E-state index contributed by atoms with van der Waals surface area (Å²) < 4.78 is 15.1. The molecule has 0 spiro atoms. The summed E-state index contributed by atoms with van der Waals surface area (Å²) in [5.41, 5.74) is 2.41. The maximum Gasteiger partial charge on any atom is 0.228 e. The molecule has 156 valence electrons. The van der Waals surface area contributed by atoms with Gasteiger partial charge in [-0.15, -0.1) is 0 Å². The van der Waals surface area contributed by atoms with Crippen LogP contribution in [0, 0.1) is 5.82 Å². The number of nitrogens with one attached hydrogen (secondary N) is 1. The maximum absolute atomic E-state index is 13.0. The second-order valence-electron chi connectivity index (χ2n) is 7.58. The van der Waals surface area contributed by atoms with E-state index in [1.165, 1.54) is 13.0 Å². The van der Waals surface area contributed by atoms with Gasteiger partial charge in [0.05, 0.1) is 30.4 Å². The van der Waals surface area contributed by atoms with Crippen LogP contribution in [0.2, 0.25) is 0 Å². The zero-order chi connectivity index (χ0) is 21.1. The van der Waals surface area contributed by atoms with Gasteiger partial charge in [-0.05, 0) is 37.1 Å². The number of fused-ring (bicyclic) bond motifs is 1. The molecule has 1 aliphatic rings. The highest BCUT2D eigenvalue weighted by atomic mass is 19.1. The van der Waals surface area contributed by atoms with Crippen molar-refractivity contribution in [2.24, 2.45) is 0 Å². The molecule has 1 N–H and O–H groups in total. The molecule has 8 heteroatoms. The third-order valence-electron chi connectivity index (χ3n) is 5.49. The molecule has 0 saturated carbocycles. The quantitative estimate of drug-likeness (QED) is 0.702. The summed E-state index contributed by atoms with van der Waals surface area (Å²) in [7, 11) is 0. The number of piperidine rings is 1. The molecule has 0 aromatic carbocycles. The lowest BCUT2D eigenvalue weighted by Gasteiger charge is -2.31. The molecule has 1 saturated heterocycles. The van der Waals surface area contributed by atoms with Gasteiger partial charge in [0.1, 0.15) is 11.6 Å². The monoisotopic (exact) mass is 409 g/mol. The van der Waals surface area contributed by atoms with Gasteiger partial charge in [0.15, 0.2) is 0 Å². The molecule has 0 atom stereocenters. The average molecular weight is 409 g/mol. The third-order valence-corrected chi connectivity index (χ3v) is 5.49. The smallest absolute Gasteiger partial charge is 0.228 e. The van der Waals surface area contributed by atoms with Gasteiger partial charge in [0.25, 0.3) is 0 Å². The van der Waals surface area contributed by atoms with E-state index in [9.17, 15) is 14.0 Å². The van der Waals surface area contributed by atoms with Crippen molar-refractivity contribution in [2.75, 3.05) is 13.1 Å². The van der Waals surface area contributed by atoms with Crippen molar-refractivity contribution in [3.05, 3.63) is 65.8 Å². The summed E-state index contributed by atoms with van der Waals surface area (Å²) in [5, 5.41) is 2.82. The minimum Gasteiger partial charge on any atom is -0.351 e. The van der Waals surface area contributed by atoms with E-state index in [4.69, 9.17) is 4.98 Å². The average Bonchev–Trinajstić information content (AvgIpc) is 3.13. The lowest BCUT2D eigenvalue weighted by molar-refractivity contribution is -0.131. The van der Waals surface area contributed by atoms with E-state index in [-0.39, 0.29) is 24.2 Å². The van der Waals surface area contributed by atoms with Crippen LogP contribution in [-0.4, -0.2) is 44.2 Å². The molecule has 0 bridgehead atoms. The van der Waals surface area contributed by atoms with Crippen LogP contribution in [0.3, 0.4) is 0 Å². The van der Waals surface area contributed by atoms with Gasteiger partial charge in [0, 0.05) is 37.8 Å². The minimum atomic E-state index is -0.406. The lowest BCUT2D eigenvalue weighted by Crippen LogP contribution is -2.39. The first-order valence-corrected chi connectivity index (χ1v) is 10.1. The molecule has 30 heavy (non-hydrogen) atoms. The Morgan fingerprint density at radius 2 is 2.00 bits per heavy atom. The second-order valence-corrected chi connectivity index (χ2v) is 7.58. The van der Waals surface area contributed by atoms with Crippen LogP contribution < -0.4 is 5.32 Å². The minimum absolute atomic E-state index is 0.00637. The van der Waals surface area contributed by atoms with Crippen molar-refractivity contribution in [1.29, 1.82) is 0 Å². The number of nitrogens with zero attached hydrogens (tertiary/aromatic N) is 4. The van der Waals surface area contributed by atoms with E-state index in [2.05, 4.69) is 14.7 Å². The Hall–Kier alpha value is -3.29. The predicted molar refractivity (Wildman–Crippen MR) is 109 cm³/mol. The molecule has 4 rings (SSSR count). The number of likely N-dealkylation sites (tertiary alicyclic amines) is 1. The number of imidazole rings is 1. The zero-order valence-corrected chi connectivity index (χ0v) is 16.8. The molecule has 0 unspecified atom stereocenters. The first-order valence-electron chi connectivity index (χ1n) is 10.1. The van der Waals surface area contributed by atoms with Crippen LogP contribution in [-0.2, 0) is 22.6 Å². The first kappa shape index (κ1) is 20.0. The van der Waals surface area contributed by atoms with Crippen LogP contribution in [0.15, 0.2) is 42.7 Å². The molecular weight excluding hydrogens is 385 g/mol. The van der Waals surface area contributed by atoms with E-state index < -0.39 is 5.82 Å². The standard InChI is InChI=1S/C22H24FN5O2/c1-15(29)24-14-19-20-4-2-3-9-28(20)22(26-19)16-7-10-27(11-8-16)21(30)12-18-6-5-17(23)13-25-18/h2-6,9,13,16H,7-8,10-12,14H2,1H3,(H,24,29). The van der Waals surface area contributed by atoms with Crippen LogP contribution in [0.25, 0.3) is 5.52 Å². The summed E-state index contributed by atoms with van der Waals surface area (Å²) in [6.45, 7) is 3.18. The highest BCUT2D eigenvalue weighted by Crippen LogP contribution is 2.29. The fraction of sp³-hybridized carbons (Fsp3) is 0.364. The van der Waals surface area contributed by atoms with Gasteiger partial charge in [0.2, 0.25) is 11.8 Å². The molecule has 1 aliphatic heterocycles. The normalized spacial score (nSPS) is 14.8. The summed E-state index contributed by atoms with van der Waals surface area (Å²) in [6, 6.07) is 8.80. The summed E-state index contributed by atoms with van der Waals surface area (Å²) in [6.07, 6.45) is 4.94.